The van der Waals surface area contributed by atoms with E-state index in [1.165, 1.54) is 4.68 Å². The Morgan fingerprint density at radius 2 is 1.65 bits per heavy atom. The number of hydrogen-bond donors (Lipinski definition) is 1. The lowest BCUT2D eigenvalue weighted by molar-refractivity contribution is 0.0994. The van der Waals surface area contributed by atoms with E-state index >= 15 is 0 Å². The van der Waals surface area contributed by atoms with Crippen molar-refractivity contribution in [1.29, 1.82) is 0 Å². The molecule has 0 unspecified atom stereocenters. The molecular weight excluding hydrogens is 396 g/mol. The normalized spacial score (nSPS) is 10.8. The number of para-hydroxylation sites is 1. The van der Waals surface area contributed by atoms with Gasteiger partial charge in [0.1, 0.15) is 22.5 Å². The Morgan fingerprint density at radius 3 is 2.35 bits per heavy atom. The molecule has 26 heavy (non-hydrogen) atoms. The molecule has 0 saturated heterocycles. The Bertz CT molecular complexity index is 1090. The van der Waals surface area contributed by atoms with E-state index in [0.717, 1.165) is 10.2 Å². The molecule has 0 aliphatic carbocycles. The van der Waals surface area contributed by atoms with Gasteiger partial charge in [-0.25, -0.2) is 4.68 Å². The quantitative estimate of drug-likeness (QED) is 0.551. The van der Waals surface area contributed by atoms with E-state index in [1.807, 2.05) is 54.6 Å². The number of amides is 1. The number of rotatable bonds is 4. The van der Waals surface area contributed by atoms with E-state index in [9.17, 15) is 4.79 Å². The van der Waals surface area contributed by atoms with Crippen LogP contribution < -0.4 is 10.5 Å². The standard InChI is InChI=1S/C19H13BrN4O2/c20-15-10-11-22-17-16(15)23-24(18(17)19(21)25)12-6-8-14(9-7-12)26-13-4-2-1-3-5-13/h1-11H,(H2,21,25). The van der Waals surface area contributed by atoms with Crippen LogP contribution in [0, 0.1) is 0 Å². The lowest BCUT2D eigenvalue weighted by atomic mass is 10.2. The molecule has 0 aliphatic rings. The largest absolute Gasteiger partial charge is 0.457 e. The lowest BCUT2D eigenvalue weighted by Gasteiger charge is -2.08. The zero-order valence-corrected chi connectivity index (χ0v) is 15.1. The fourth-order valence-corrected chi connectivity index (χ4v) is 3.02. The molecule has 7 heteroatoms. The van der Waals surface area contributed by atoms with Crippen LogP contribution in [0.5, 0.6) is 11.5 Å². The molecule has 6 nitrogen and oxygen atoms in total. The molecule has 2 aromatic carbocycles. The van der Waals surface area contributed by atoms with Crippen molar-refractivity contribution in [3.05, 3.63) is 77.0 Å². The summed E-state index contributed by atoms with van der Waals surface area (Å²) in [6.07, 6.45) is 1.60. The molecule has 128 valence electrons. The van der Waals surface area contributed by atoms with Gasteiger partial charge in [-0.2, -0.15) is 5.10 Å². The number of fused-ring (bicyclic) bond motifs is 1. The van der Waals surface area contributed by atoms with E-state index in [1.54, 1.807) is 12.3 Å². The van der Waals surface area contributed by atoms with E-state index in [0.29, 0.717) is 22.5 Å². The van der Waals surface area contributed by atoms with Gasteiger partial charge in [-0.05, 0) is 58.4 Å². The summed E-state index contributed by atoms with van der Waals surface area (Å²) in [5.41, 5.74) is 7.51. The van der Waals surface area contributed by atoms with Crippen LogP contribution in [0.2, 0.25) is 0 Å². The minimum absolute atomic E-state index is 0.234. The highest BCUT2D eigenvalue weighted by molar-refractivity contribution is 9.10. The SMILES string of the molecule is NC(=O)c1c2nccc(Br)c2nn1-c1ccc(Oc2ccccc2)cc1. The maximum Gasteiger partial charge on any atom is 0.269 e. The number of nitrogens with two attached hydrogens (primary N) is 1. The van der Waals surface area contributed by atoms with Crippen LogP contribution in [0.25, 0.3) is 16.7 Å². The number of aromatic nitrogens is 3. The maximum absolute atomic E-state index is 12.0. The third-order valence-electron chi connectivity index (χ3n) is 3.80. The summed E-state index contributed by atoms with van der Waals surface area (Å²) >= 11 is 3.43. The van der Waals surface area contributed by atoms with Crippen molar-refractivity contribution in [3.8, 4) is 17.2 Å². The number of carbonyl (C=O) groups is 1. The fourth-order valence-electron chi connectivity index (χ4n) is 2.64. The highest BCUT2D eigenvalue weighted by Gasteiger charge is 2.20. The van der Waals surface area contributed by atoms with Crippen LogP contribution in [0.15, 0.2) is 71.3 Å². The molecule has 1 amide bonds. The van der Waals surface area contributed by atoms with Crippen molar-refractivity contribution in [2.75, 3.05) is 0 Å². The monoisotopic (exact) mass is 408 g/mol. The summed E-state index contributed by atoms with van der Waals surface area (Å²) in [4.78, 5) is 16.2. The number of pyridine rings is 1. The van der Waals surface area contributed by atoms with Crippen LogP contribution in [-0.2, 0) is 0 Å². The molecule has 0 spiro atoms. The minimum Gasteiger partial charge on any atom is -0.457 e. The number of hydrogen-bond acceptors (Lipinski definition) is 4. The van der Waals surface area contributed by atoms with Crippen LogP contribution in [-0.4, -0.2) is 20.7 Å². The van der Waals surface area contributed by atoms with Gasteiger partial charge in [0, 0.05) is 10.7 Å². The Hall–Kier alpha value is -3.19. The molecule has 2 heterocycles. The third-order valence-corrected chi connectivity index (χ3v) is 4.44. The summed E-state index contributed by atoms with van der Waals surface area (Å²) < 4.78 is 8.02. The van der Waals surface area contributed by atoms with Crippen molar-refractivity contribution in [3.63, 3.8) is 0 Å². The van der Waals surface area contributed by atoms with Crippen LogP contribution >= 0.6 is 15.9 Å². The molecule has 0 atom stereocenters. The molecule has 0 saturated carbocycles. The first-order chi connectivity index (χ1) is 12.6. The molecule has 4 aromatic rings. The van der Waals surface area contributed by atoms with Gasteiger partial charge in [0.2, 0.25) is 0 Å². The average molecular weight is 409 g/mol. The predicted octanol–water partition coefficient (Wildman–Crippen LogP) is 4.07. The van der Waals surface area contributed by atoms with E-state index in [-0.39, 0.29) is 5.69 Å². The number of benzene rings is 2. The van der Waals surface area contributed by atoms with E-state index < -0.39 is 5.91 Å². The van der Waals surface area contributed by atoms with Gasteiger partial charge in [0.15, 0.2) is 5.69 Å². The molecule has 2 aromatic heterocycles. The second-order valence-corrected chi connectivity index (χ2v) is 6.38. The molecule has 0 bridgehead atoms. The topological polar surface area (TPSA) is 83.0 Å². The first-order valence-corrected chi connectivity index (χ1v) is 8.59. The summed E-state index contributed by atoms with van der Waals surface area (Å²) in [6, 6.07) is 18.5. The number of primary amides is 1. The Kier molecular flexibility index (Phi) is 4.14. The van der Waals surface area contributed by atoms with Crippen LogP contribution in [0.3, 0.4) is 0 Å². The number of nitrogens with zero attached hydrogens (tertiary/aromatic N) is 3. The zero-order chi connectivity index (χ0) is 18.1. The Morgan fingerprint density at radius 1 is 0.962 bits per heavy atom. The van der Waals surface area contributed by atoms with Gasteiger partial charge in [-0.15, -0.1) is 0 Å². The molecule has 0 aliphatic heterocycles. The second-order valence-electron chi connectivity index (χ2n) is 5.52. The molecule has 2 N–H and O–H groups in total. The maximum atomic E-state index is 12.0. The van der Waals surface area contributed by atoms with Gasteiger partial charge in [-0.3, -0.25) is 9.78 Å². The third kappa shape index (κ3) is 2.93. The smallest absolute Gasteiger partial charge is 0.269 e. The van der Waals surface area contributed by atoms with Gasteiger partial charge >= 0.3 is 0 Å². The van der Waals surface area contributed by atoms with Gasteiger partial charge in [0.05, 0.1) is 5.69 Å². The van der Waals surface area contributed by atoms with E-state index in [4.69, 9.17) is 10.5 Å². The first-order valence-electron chi connectivity index (χ1n) is 7.80. The van der Waals surface area contributed by atoms with Crippen molar-refractivity contribution in [2.45, 2.75) is 0 Å². The predicted molar refractivity (Wildman–Crippen MR) is 102 cm³/mol. The van der Waals surface area contributed by atoms with Crippen molar-refractivity contribution >= 4 is 32.9 Å². The Balaban J connectivity index is 1.75. The zero-order valence-electron chi connectivity index (χ0n) is 13.5. The summed E-state index contributed by atoms with van der Waals surface area (Å²) in [5, 5.41) is 4.48. The number of halogens is 1. The molecule has 0 radical (unpaired) electrons. The molecule has 0 fully saturated rings. The number of ether oxygens (including phenoxy) is 1. The van der Waals surface area contributed by atoms with E-state index in [2.05, 4.69) is 26.0 Å². The highest BCUT2D eigenvalue weighted by atomic mass is 79.9. The minimum atomic E-state index is -0.595. The molecule has 4 rings (SSSR count). The lowest BCUT2D eigenvalue weighted by Crippen LogP contribution is -2.17. The van der Waals surface area contributed by atoms with Crippen LogP contribution in [0.1, 0.15) is 10.5 Å². The molecular formula is C19H13BrN4O2. The summed E-state index contributed by atoms with van der Waals surface area (Å²) in [5.74, 6) is 0.829. The van der Waals surface area contributed by atoms with Gasteiger partial charge in [-0.1, -0.05) is 18.2 Å². The van der Waals surface area contributed by atoms with Gasteiger partial charge < -0.3 is 10.5 Å². The van der Waals surface area contributed by atoms with Crippen LogP contribution in [0.4, 0.5) is 0 Å². The number of carbonyl (C=O) groups excluding carboxylic acids is 1. The second kappa shape index (κ2) is 6.61. The van der Waals surface area contributed by atoms with Crippen molar-refractivity contribution in [2.24, 2.45) is 5.73 Å². The summed E-state index contributed by atoms with van der Waals surface area (Å²) in [6.45, 7) is 0. The fraction of sp³-hybridized carbons (Fsp3) is 0. The summed E-state index contributed by atoms with van der Waals surface area (Å²) in [7, 11) is 0. The van der Waals surface area contributed by atoms with Crippen molar-refractivity contribution in [1.82, 2.24) is 14.8 Å². The first kappa shape index (κ1) is 16.3. The highest BCUT2D eigenvalue weighted by Crippen LogP contribution is 2.27. The Labute approximate surface area is 157 Å². The average Bonchev–Trinajstić information content (AvgIpc) is 3.04. The van der Waals surface area contributed by atoms with Gasteiger partial charge in [0.25, 0.3) is 5.91 Å². The van der Waals surface area contributed by atoms with Crippen molar-refractivity contribution < 1.29 is 9.53 Å².